The molecule has 0 aliphatic heterocycles. The number of aryl methyl sites for hydroxylation is 1. The van der Waals surface area contributed by atoms with E-state index in [4.69, 9.17) is 0 Å². The fraction of sp³-hybridized carbons (Fsp3) is 0.667. The maximum Gasteiger partial charge on any atom is 0.0932 e. The minimum Gasteiger partial charge on any atom is -0.251 e. The first kappa shape index (κ1) is 9.06. The zero-order chi connectivity index (χ0) is 8.10. The monoisotopic (exact) mass is 235 g/mol. The van der Waals surface area contributed by atoms with E-state index in [2.05, 4.69) is 32.5 Å². The molecule has 0 spiro atoms. The van der Waals surface area contributed by atoms with Crippen LogP contribution >= 0.6 is 27.7 Å². The van der Waals surface area contributed by atoms with Crippen LogP contribution in [0.4, 0.5) is 0 Å². The molecule has 0 amide bonds. The third-order valence-electron chi connectivity index (χ3n) is 1.25. The van der Waals surface area contributed by atoms with E-state index in [0.29, 0.717) is 0 Å². The Balaban J connectivity index is 2.44. The molecule has 62 valence electrons. The van der Waals surface area contributed by atoms with Crippen LogP contribution in [-0.4, -0.2) is 27.0 Å². The quantitative estimate of drug-likeness (QED) is 0.743. The van der Waals surface area contributed by atoms with Crippen LogP contribution in [0.2, 0.25) is 0 Å². The molecule has 0 unspecified atom stereocenters. The minimum atomic E-state index is 0.784. The molecule has 1 rings (SSSR count). The maximum atomic E-state index is 3.95. The molecule has 0 aliphatic rings. The molecule has 0 fully saturated rings. The predicted octanol–water partition coefficient (Wildman–Crippen LogP) is 1.54. The Morgan fingerprint density at radius 3 is 3.09 bits per heavy atom. The highest BCUT2D eigenvalue weighted by molar-refractivity contribution is 9.08. The number of alkyl halides is 1. The summed E-state index contributed by atoms with van der Waals surface area (Å²) in [6.45, 7) is 0.946. The Hall–Kier alpha value is -0.0300. The first-order valence-electron chi connectivity index (χ1n) is 3.30. The lowest BCUT2D eigenvalue weighted by Gasteiger charge is -1.94. The fourth-order valence-electron chi connectivity index (χ4n) is 0.694. The van der Waals surface area contributed by atoms with Gasteiger partial charge in [-0.1, -0.05) is 21.1 Å². The number of nitrogens with zero attached hydrogens (tertiary/aromatic N) is 3. The summed E-state index contributed by atoms with van der Waals surface area (Å²) < 4.78 is 1.87. The van der Waals surface area contributed by atoms with Crippen LogP contribution in [0.25, 0.3) is 0 Å². The van der Waals surface area contributed by atoms with E-state index in [0.717, 1.165) is 23.3 Å². The molecular formula is C6H10BrN3S. The molecule has 3 nitrogen and oxygen atoms in total. The van der Waals surface area contributed by atoms with Gasteiger partial charge in [-0.15, -0.1) is 5.10 Å². The molecule has 1 heterocycles. The molecule has 0 N–H and O–H groups in total. The summed E-state index contributed by atoms with van der Waals surface area (Å²) >= 11 is 5.13. The van der Waals surface area contributed by atoms with Crippen molar-refractivity contribution >= 4 is 27.7 Å². The van der Waals surface area contributed by atoms with Gasteiger partial charge in [0.25, 0.3) is 0 Å². The van der Waals surface area contributed by atoms with E-state index in [9.17, 15) is 0 Å². The molecule has 0 saturated heterocycles. The second-order valence-corrected chi connectivity index (χ2v) is 3.65. The van der Waals surface area contributed by atoms with Crippen LogP contribution in [0.1, 0.15) is 5.69 Å². The SMILES string of the molecule is CSCCn1cc(CBr)nn1. The van der Waals surface area contributed by atoms with Crippen molar-refractivity contribution in [1.82, 2.24) is 15.0 Å². The van der Waals surface area contributed by atoms with E-state index in [1.54, 1.807) is 0 Å². The Labute approximate surface area is 78.7 Å². The van der Waals surface area contributed by atoms with Crippen LogP contribution < -0.4 is 0 Å². The van der Waals surface area contributed by atoms with Crippen molar-refractivity contribution in [2.75, 3.05) is 12.0 Å². The smallest absolute Gasteiger partial charge is 0.0932 e. The van der Waals surface area contributed by atoms with Gasteiger partial charge in [0.15, 0.2) is 0 Å². The molecule has 0 saturated carbocycles. The van der Waals surface area contributed by atoms with Crippen molar-refractivity contribution < 1.29 is 0 Å². The largest absolute Gasteiger partial charge is 0.251 e. The average Bonchev–Trinajstić information content (AvgIpc) is 2.48. The number of aromatic nitrogens is 3. The van der Waals surface area contributed by atoms with Crippen LogP contribution in [0, 0.1) is 0 Å². The van der Waals surface area contributed by atoms with Gasteiger partial charge < -0.3 is 0 Å². The zero-order valence-corrected chi connectivity index (χ0v) is 8.73. The standard InChI is InChI=1S/C6H10BrN3S/c1-11-3-2-10-5-6(4-7)8-9-10/h5H,2-4H2,1H3. The highest BCUT2D eigenvalue weighted by Gasteiger charge is 1.96. The number of hydrogen-bond donors (Lipinski definition) is 0. The predicted molar refractivity (Wildman–Crippen MR) is 51.0 cm³/mol. The van der Waals surface area contributed by atoms with Gasteiger partial charge in [-0.3, -0.25) is 4.68 Å². The van der Waals surface area contributed by atoms with Gasteiger partial charge in [0, 0.05) is 17.3 Å². The van der Waals surface area contributed by atoms with Crippen molar-refractivity contribution in [1.29, 1.82) is 0 Å². The second-order valence-electron chi connectivity index (χ2n) is 2.10. The van der Waals surface area contributed by atoms with E-state index in [1.807, 2.05) is 22.6 Å². The number of rotatable bonds is 4. The lowest BCUT2D eigenvalue weighted by atomic mass is 10.5. The highest BCUT2D eigenvalue weighted by Crippen LogP contribution is 2.00. The lowest BCUT2D eigenvalue weighted by molar-refractivity contribution is 0.632. The van der Waals surface area contributed by atoms with Crippen molar-refractivity contribution in [3.05, 3.63) is 11.9 Å². The minimum absolute atomic E-state index is 0.784. The summed E-state index contributed by atoms with van der Waals surface area (Å²) in [7, 11) is 0. The van der Waals surface area contributed by atoms with Gasteiger partial charge in [-0.2, -0.15) is 11.8 Å². The summed E-state index contributed by atoms with van der Waals surface area (Å²) in [5.74, 6) is 1.09. The lowest BCUT2D eigenvalue weighted by Crippen LogP contribution is -2.00. The first-order valence-corrected chi connectivity index (χ1v) is 5.82. The average molecular weight is 236 g/mol. The van der Waals surface area contributed by atoms with Gasteiger partial charge in [0.1, 0.15) is 0 Å². The molecule has 11 heavy (non-hydrogen) atoms. The molecule has 0 bridgehead atoms. The van der Waals surface area contributed by atoms with Crippen molar-refractivity contribution in [2.24, 2.45) is 0 Å². The summed E-state index contributed by atoms with van der Waals surface area (Å²) in [4.78, 5) is 0. The van der Waals surface area contributed by atoms with Crippen molar-refractivity contribution in [3.63, 3.8) is 0 Å². The Morgan fingerprint density at radius 1 is 1.73 bits per heavy atom. The molecule has 0 radical (unpaired) electrons. The molecule has 5 heteroatoms. The van der Waals surface area contributed by atoms with Crippen LogP contribution in [0.5, 0.6) is 0 Å². The summed E-state index contributed by atoms with van der Waals surface area (Å²) in [5.41, 5.74) is 0.992. The fourth-order valence-corrected chi connectivity index (χ4v) is 1.32. The molecular weight excluding hydrogens is 226 g/mol. The summed E-state index contributed by atoms with van der Waals surface area (Å²) in [5, 5.41) is 8.68. The van der Waals surface area contributed by atoms with Crippen molar-refractivity contribution in [3.8, 4) is 0 Å². The van der Waals surface area contributed by atoms with E-state index >= 15 is 0 Å². The van der Waals surface area contributed by atoms with Gasteiger partial charge in [0.2, 0.25) is 0 Å². The van der Waals surface area contributed by atoms with Gasteiger partial charge in [-0.05, 0) is 6.26 Å². The highest BCUT2D eigenvalue weighted by atomic mass is 79.9. The van der Waals surface area contributed by atoms with E-state index in [1.165, 1.54) is 0 Å². The number of hydrogen-bond acceptors (Lipinski definition) is 3. The second kappa shape index (κ2) is 4.77. The molecule has 1 aromatic heterocycles. The third-order valence-corrected chi connectivity index (χ3v) is 2.41. The van der Waals surface area contributed by atoms with Gasteiger partial charge in [0.05, 0.1) is 12.2 Å². The number of halogens is 1. The summed E-state index contributed by atoms with van der Waals surface area (Å²) in [6.07, 6.45) is 4.05. The van der Waals surface area contributed by atoms with Crippen LogP contribution in [0.15, 0.2) is 6.20 Å². The third kappa shape index (κ3) is 2.83. The van der Waals surface area contributed by atoms with Crippen LogP contribution in [-0.2, 0) is 11.9 Å². The van der Waals surface area contributed by atoms with Crippen LogP contribution in [0.3, 0.4) is 0 Å². The Bertz CT molecular complexity index is 213. The van der Waals surface area contributed by atoms with Gasteiger partial charge >= 0.3 is 0 Å². The normalized spacial score (nSPS) is 10.4. The molecule has 1 aromatic rings. The number of thioether (sulfide) groups is 1. The van der Waals surface area contributed by atoms with E-state index in [-0.39, 0.29) is 0 Å². The maximum absolute atomic E-state index is 3.95. The van der Waals surface area contributed by atoms with Gasteiger partial charge in [-0.25, -0.2) is 0 Å². The molecule has 0 aromatic carbocycles. The zero-order valence-electron chi connectivity index (χ0n) is 6.33. The summed E-state index contributed by atoms with van der Waals surface area (Å²) in [6, 6.07) is 0. The Morgan fingerprint density at radius 2 is 2.55 bits per heavy atom. The van der Waals surface area contributed by atoms with Crippen molar-refractivity contribution in [2.45, 2.75) is 11.9 Å². The molecule has 0 aliphatic carbocycles. The first-order chi connectivity index (χ1) is 5.36. The molecule has 0 atom stereocenters. The topological polar surface area (TPSA) is 30.7 Å². The Kier molecular flexibility index (Phi) is 3.93. The van der Waals surface area contributed by atoms with E-state index < -0.39 is 0 Å².